The molecule has 100 valence electrons. The summed E-state index contributed by atoms with van der Waals surface area (Å²) < 4.78 is 5.28. The predicted molar refractivity (Wildman–Crippen MR) is 72.9 cm³/mol. The molecule has 0 saturated carbocycles. The number of morpholine rings is 1. The summed E-state index contributed by atoms with van der Waals surface area (Å²) in [6.07, 6.45) is 0. The highest BCUT2D eigenvalue weighted by Gasteiger charge is 2.18. The summed E-state index contributed by atoms with van der Waals surface area (Å²) in [6, 6.07) is 3.21. The third-order valence-electron chi connectivity index (χ3n) is 2.68. The van der Waals surface area contributed by atoms with Crippen LogP contribution in [0.4, 0.5) is 10.1 Å². The minimum absolute atomic E-state index is 0.123. The van der Waals surface area contributed by atoms with Crippen LogP contribution in [0.1, 0.15) is 0 Å². The van der Waals surface area contributed by atoms with E-state index in [-0.39, 0.29) is 5.00 Å². The van der Waals surface area contributed by atoms with Gasteiger partial charge in [0.1, 0.15) is 0 Å². The minimum atomic E-state index is -0.391. The average molecular weight is 298 g/mol. The Labute approximate surface area is 116 Å². The summed E-state index contributed by atoms with van der Waals surface area (Å²) in [6.45, 7) is 3.00. The van der Waals surface area contributed by atoms with Gasteiger partial charge in [-0.05, 0) is 6.07 Å². The smallest absolute Gasteiger partial charge is 0.324 e. The third-order valence-corrected chi connectivity index (χ3v) is 4.87. The van der Waals surface area contributed by atoms with Gasteiger partial charge in [0.15, 0.2) is 5.01 Å². The highest BCUT2D eigenvalue weighted by molar-refractivity contribution is 7.24. The van der Waals surface area contributed by atoms with Crippen molar-refractivity contribution in [2.75, 3.05) is 31.2 Å². The molecule has 19 heavy (non-hydrogen) atoms. The zero-order valence-corrected chi connectivity index (χ0v) is 11.4. The van der Waals surface area contributed by atoms with Crippen LogP contribution in [0.2, 0.25) is 0 Å². The van der Waals surface area contributed by atoms with Crippen molar-refractivity contribution in [2.24, 2.45) is 0 Å². The van der Waals surface area contributed by atoms with Crippen molar-refractivity contribution in [1.29, 1.82) is 0 Å². The standard InChI is InChI=1S/C10H10N4O3S2/c15-14(16)8-2-1-7(18-8)9-11-12-10(19-9)13-3-5-17-6-4-13/h1-2H,3-6H2. The van der Waals surface area contributed by atoms with Crippen LogP contribution >= 0.6 is 22.7 Å². The molecule has 0 atom stereocenters. The molecule has 0 aromatic carbocycles. The lowest BCUT2D eigenvalue weighted by molar-refractivity contribution is -0.380. The van der Waals surface area contributed by atoms with Gasteiger partial charge in [0.2, 0.25) is 5.13 Å². The van der Waals surface area contributed by atoms with Gasteiger partial charge in [-0.3, -0.25) is 10.1 Å². The van der Waals surface area contributed by atoms with Crippen molar-refractivity contribution in [3.63, 3.8) is 0 Å². The van der Waals surface area contributed by atoms with Gasteiger partial charge in [-0.15, -0.1) is 10.2 Å². The van der Waals surface area contributed by atoms with Crippen LogP contribution in [0.5, 0.6) is 0 Å². The lowest BCUT2D eigenvalue weighted by atomic mass is 10.5. The minimum Gasteiger partial charge on any atom is -0.378 e. The van der Waals surface area contributed by atoms with E-state index in [1.807, 2.05) is 0 Å². The summed E-state index contributed by atoms with van der Waals surface area (Å²) in [4.78, 5) is 13.2. The SMILES string of the molecule is O=[N+]([O-])c1ccc(-c2nnc(N3CCOCC3)s2)s1. The molecule has 0 unspecified atom stereocenters. The number of nitro groups is 1. The Morgan fingerprint density at radius 1 is 1.26 bits per heavy atom. The van der Waals surface area contributed by atoms with Crippen molar-refractivity contribution in [3.8, 4) is 9.88 Å². The van der Waals surface area contributed by atoms with E-state index in [1.54, 1.807) is 6.07 Å². The first-order valence-electron chi connectivity index (χ1n) is 5.65. The number of hydrogen-bond donors (Lipinski definition) is 0. The van der Waals surface area contributed by atoms with Crippen LogP contribution in [0.3, 0.4) is 0 Å². The molecule has 0 aliphatic carbocycles. The number of rotatable bonds is 3. The second kappa shape index (κ2) is 5.19. The van der Waals surface area contributed by atoms with E-state index in [9.17, 15) is 10.1 Å². The van der Waals surface area contributed by atoms with E-state index < -0.39 is 4.92 Å². The quantitative estimate of drug-likeness (QED) is 0.637. The fourth-order valence-corrected chi connectivity index (χ4v) is 3.50. The second-order valence-corrected chi connectivity index (χ2v) is 5.90. The van der Waals surface area contributed by atoms with Crippen molar-refractivity contribution in [2.45, 2.75) is 0 Å². The normalized spacial score (nSPS) is 15.7. The monoisotopic (exact) mass is 298 g/mol. The van der Waals surface area contributed by atoms with Gasteiger partial charge in [-0.25, -0.2) is 0 Å². The van der Waals surface area contributed by atoms with Gasteiger partial charge in [0, 0.05) is 19.2 Å². The maximum absolute atomic E-state index is 10.7. The van der Waals surface area contributed by atoms with Crippen molar-refractivity contribution in [1.82, 2.24) is 10.2 Å². The van der Waals surface area contributed by atoms with Crippen LogP contribution in [0, 0.1) is 10.1 Å². The third kappa shape index (κ3) is 2.57. The molecule has 1 aliphatic rings. The van der Waals surface area contributed by atoms with Gasteiger partial charge < -0.3 is 9.64 Å². The first kappa shape index (κ1) is 12.5. The van der Waals surface area contributed by atoms with Crippen molar-refractivity contribution in [3.05, 3.63) is 22.2 Å². The molecule has 3 rings (SSSR count). The molecule has 1 fully saturated rings. The van der Waals surface area contributed by atoms with E-state index in [2.05, 4.69) is 15.1 Å². The Hall–Kier alpha value is -1.58. The molecule has 9 heteroatoms. The molecule has 2 aromatic rings. The predicted octanol–water partition coefficient (Wildman–Crippen LogP) is 2.01. The van der Waals surface area contributed by atoms with Gasteiger partial charge in [-0.1, -0.05) is 22.7 Å². The molecule has 0 amide bonds. The Kier molecular flexibility index (Phi) is 3.40. The molecule has 1 saturated heterocycles. The number of ether oxygens (including phenoxy) is 1. The van der Waals surface area contributed by atoms with E-state index in [4.69, 9.17) is 4.74 Å². The Morgan fingerprint density at radius 2 is 2.05 bits per heavy atom. The van der Waals surface area contributed by atoms with Crippen LogP contribution in [0.15, 0.2) is 12.1 Å². The first-order valence-corrected chi connectivity index (χ1v) is 7.28. The molecular weight excluding hydrogens is 288 g/mol. The van der Waals surface area contributed by atoms with Crippen LogP contribution in [-0.4, -0.2) is 41.4 Å². The fourth-order valence-electron chi connectivity index (χ4n) is 1.74. The van der Waals surface area contributed by atoms with Gasteiger partial charge in [-0.2, -0.15) is 0 Å². The lowest BCUT2D eigenvalue weighted by Crippen LogP contribution is -2.36. The molecular formula is C10H10N4O3S2. The summed E-state index contributed by atoms with van der Waals surface area (Å²) in [7, 11) is 0. The molecule has 1 aliphatic heterocycles. The summed E-state index contributed by atoms with van der Waals surface area (Å²) in [5.41, 5.74) is 0. The lowest BCUT2D eigenvalue weighted by Gasteiger charge is -2.25. The number of thiophene rings is 1. The van der Waals surface area contributed by atoms with Gasteiger partial charge in [0.05, 0.1) is 23.0 Å². The summed E-state index contributed by atoms with van der Waals surface area (Å²) in [5.74, 6) is 0. The largest absolute Gasteiger partial charge is 0.378 e. The molecule has 2 aromatic heterocycles. The second-order valence-electron chi connectivity index (χ2n) is 3.88. The van der Waals surface area contributed by atoms with Gasteiger partial charge in [0.25, 0.3) is 0 Å². The maximum Gasteiger partial charge on any atom is 0.324 e. The molecule has 0 spiro atoms. The fraction of sp³-hybridized carbons (Fsp3) is 0.400. The zero-order chi connectivity index (χ0) is 13.2. The maximum atomic E-state index is 10.7. The Bertz CT molecular complexity index is 591. The summed E-state index contributed by atoms with van der Waals surface area (Å²) >= 11 is 2.57. The highest BCUT2D eigenvalue weighted by Crippen LogP contribution is 2.36. The van der Waals surface area contributed by atoms with E-state index >= 15 is 0 Å². The number of hydrogen-bond acceptors (Lipinski definition) is 8. The van der Waals surface area contributed by atoms with Crippen LogP contribution in [0.25, 0.3) is 9.88 Å². The van der Waals surface area contributed by atoms with E-state index in [1.165, 1.54) is 17.4 Å². The first-order chi connectivity index (χ1) is 9.24. The Morgan fingerprint density at radius 3 is 2.74 bits per heavy atom. The summed E-state index contributed by atoms with van der Waals surface area (Å²) in [5, 5.41) is 20.6. The van der Waals surface area contributed by atoms with Crippen molar-refractivity contribution < 1.29 is 9.66 Å². The van der Waals surface area contributed by atoms with Crippen LogP contribution < -0.4 is 4.90 Å². The van der Waals surface area contributed by atoms with Gasteiger partial charge >= 0.3 is 5.00 Å². The Balaban J connectivity index is 1.81. The van der Waals surface area contributed by atoms with Crippen LogP contribution in [-0.2, 0) is 4.74 Å². The van der Waals surface area contributed by atoms with E-state index in [0.29, 0.717) is 13.2 Å². The number of nitrogens with zero attached hydrogens (tertiary/aromatic N) is 4. The molecule has 3 heterocycles. The topological polar surface area (TPSA) is 81.4 Å². The average Bonchev–Trinajstić information content (AvgIpc) is 3.09. The molecule has 7 nitrogen and oxygen atoms in total. The highest BCUT2D eigenvalue weighted by atomic mass is 32.1. The molecule has 0 N–H and O–H groups in total. The van der Waals surface area contributed by atoms with E-state index in [0.717, 1.165) is 39.4 Å². The number of aromatic nitrogens is 2. The molecule has 0 radical (unpaired) electrons. The number of anilines is 1. The van der Waals surface area contributed by atoms with Crippen molar-refractivity contribution >= 4 is 32.8 Å². The zero-order valence-electron chi connectivity index (χ0n) is 9.81. The molecule has 0 bridgehead atoms.